The quantitative estimate of drug-likeness (QED) is 0.848. The Morgan fingerprint density at radius 2 is 2.12 bits per heavy atom. The SMILES string of the molecule is CCCc1ccccc1-n1cc(CO)nn1. The molecule has 2 rings (SSSR count). The molecule has 0 unspecified atom stereocenters. The van der Waals surface area contributed by atoms with Gasteiger partial charge in [-0.1, -0.05) is 36.8 Å². The van der Waals surface area contributed by atoms with Gasteiger partial charge in [-0.25, -0.2) is 4.68 Å². The van der Waals surface area contributed by atoms with Crippen molar-refractivity contribution >= 4 is 0 Å². The molecule has 0 aliphatic heterocycles. The third kappa shape index (κ3) is 2.12. The first-order valence-electron chi connectivity index (χ1n) is 5.45. The van der Waals surface area contributed by atoms with Gasteiger partial charge in [0.1, 0.15) is 5.69 Å². The van der Waals surface area contributed by atoms with Crippen molar-refractivity contribution in [3.05, 3.63) is 41.7 Å². The number of aliphatic hydroxyl groups excluding tert-OH is 1. The molecule has 84 valence electrons. The van der Waals surface area contributed by atoms with Gasteiger partial charge in [0.2, 0.25) is 0 Å². The van der Waals surface area contributed by atoms with Crippen molar-refractivity contribution in [2.24, 2.45) is 0 Å². The summed E-state index contributed by atoms with van der Waals surface area (Å²) < 4.78 is 1.72. The summed E-state index contributed by atoms with van der Waals surface area (Å²) in [6, 6.07) is 8.12. The molecule has 0 bridgehead atoms. The maximum absolute atomic E-state index is 8.95. The third-order valence-corrected chi connectivity index (χ3v) is 2.46. The Morgan fingerprint density at radius 1 is 1.31 bits per heavy atom. The second-order valence-corrected chi connectivity index (χ2v) is 3.69. The highest BCUT2D eigenvalue weighted by Gasteiger charge is 2.05. The lowest BCUT2D eigenvalue weighted by Gasteiger charge is -2.06. The lowest BCUT2D eigenvalue weighted by molar-refractivity contribution is 0.276. The summed E-state index contributed by atoms with van der Waals surface area (Å²) in [5, 5.41) is 16.8. The normalized spacial score (nSPS) is 10.6. The molecule has 0 spiro atoms. The van der Waals surface area contributed by atoms with Crippen LogP contribution in [0.2, 0.25) is 0 Å². The van der Waals surface area contributed by atoms with Gasteiger partial charge in [0, 0.05) is 0 Å². The van der Waals surface area contributed by atoms with Crippen LogP contribution in [0.4, 0.5) is 0 Å². The summed E-state index contributed by atoms with van der Waals surface area (Å²) in [6.07, 6.45) is 3.87. The molecule has 4 nitrogen and oxygen atoms in total. The van der Waals surface area contributed by atoms with Gasteiger partial charge in [-0.05, 0) is 18.1 Å². The number of hydrogen-bond donors (Lipinski definition) is 1. The van der Waals surface area contributed by atoms with Gasteiger partial charge in [-0.3, -0.25) is 0 Å². The van der Waals surface area contributed by atoms with Crippen molar-refractivity contribution in [3.8, 4) is 5.69 Å². The van der Waals surface area contributed by atoms with Crippen molar-refractivity contribution < 1.29 is 5.11 Å². The summed E-state index contributed by atoms with van der Waals surface area (Å²) >= 11 is 0. The van der Waals surface area contributed by atoms with Crippen molar-refractivity contribution in [1.29, 1.82) is 0 Å². The van der Waals surface area contributed by atoms with Crippen LogP contribution in [-0.2, 0) is 13.0 Å². The maximum atomic E-state index is 8.95. The number of benzene rings is 1. The van der Waals surface area contributed by atoms with Crippen molar-refractivity contribution in [3.63, 3.8) is 0 Å². The van der Waals surface area contributed by atoms with Crippen LogP contribution in [0.1, 0.15) is 24.6 Å². The van der Waals surface area contributed by atoms with Crippen molar-refractivity contribution in [2.45, 2.75) is 26.4 Å². The second-order valence-electron chi connectivity index (χ2n) is 3.69. The molecule has 16 heavy (non-hydrogen) atoms. The van der Waals surface area contributed by atoms with E-state index >= 15 is 0 Å². The molecular formula is C12H15N3O. The fourth-order valence-electron chi connectivity index (χ4n) is 1.70. The molecular weight excluding hydrogens is 202 g/mol. The van der Waals surface area contributed by atoms with Crippen LogP contribution in [0.5, 0.6) is 0 Å². The Morgan fingerprint density at radius 3 is 2.81 bits per heavy atom. The van der Waals surface area contributed by atoms with Gasteiger partial charge in [0.25, 0.3) is 0 Å². The molecule has 0 aliphatic carbocycles. The molecule has 2 aromatic rings. The highest BCUT2D eigenvalue weighted by Crippen LogP contribution is 2.15. The molecule has 0 amide bonds. The molecule has 0 fully saturated rings. The van der Waals surface area contributed by atoms with E-state index in [1.807, 2.05) is 18.2 Å². The zero-order valence-corrected chi connectivity index (χ0v) is 9.30. The van der Waals surface area contributed by atoms with Crippen molar-refractivity contribution in [1.82, 2.24) is 15.0 Å². The topological polar surface area (TPSA) is 50.9 Å². The van der Waals surface area contributed by atoms with Crippen LogP contribution in [0, 0.1) is 0 Å². The summed E-state index contributed by atoms with van der Waals surface area (Å²) in [4.78, 5) is 0. The number of rotatable bonds is 4. The highest BCUT2D eigenvalue weighted by molar-refractivity contribution is 5.40. The van der Waals surface area contributed by atoms with E-state index in [0.717, 1.165) is 18.5 Å². The van der Waals surface area contributed by atoms with E-state index in [4.69, 9.17) is 5.11 Å². The van der Waals surface area contributed by atoms with Gasteiger partial charge >= 0.3 is 0 Å². The van der Waals surface area contributed by atoms with E-state index < -0.39 is 0 Å². The zero-order valence-electron chi connectivity index (χ0n) is 9.30. The average molecular weight is 217 g/mol. The smallest absolute Gasteiger partial charge is 0.109 e. The number of nitrogens with zero attached hydrogens (tertiary/aromatic N) is 3. The minimum absolute atomic E-state index is 0.0735. The number of aromatic nitrogens is 3. The molecule has 1 aromatic heterocycles. The molecule has 1 aromatic carbocycles. The molecule has 1 heterocycles. The maximum Gasteiger partial charge on any atom is 0.109 e. The molecule has 0 radical (unpaired) electrons. The number of para-hydroxylation sites is 1. The lowest BCUT2D eigenvalue weighted by atomic mass is 10.1. The van der Waals surface area contributed by atoms with E-state index in [1.54, 1.807) is 10.9 Å². The van der Waals surface area contributed by atoms with E-state index in [-0.39, 0.29) is 6.61 Å². The predicted molar refractivity (Wildman–Crippen MR) is 61.3 cm³/mol. The number of hydrogen-bond acceptors (Lipinski definition) is 3. The summed E-state index contributed by atoms with van der Waals surface area (Å²) in [7, 11) is 0. The Hall–Kier alpha value is -1.68. The van der Waals surface area contributed by atoms with Gasteiger partial charge in [0.05, 0.1) is 18.5 Å². The largest absolute Gasteiger partial charge is 0.390 e. The second kappa shape index (κ2) is 4.90. The first kappa shape index (κ1) is 10.8. The molecule has 0 atom stereocenters. The van der Waals surface area contributed by atoms with Gasteiger partial charge in [0.15, 0.2) is 0 Å². The monoisotopic (exact) mass is 217 g/mol. The fraction of sp³-hybridized carbons (Fsp3) is 0.333. The van der Waals surface area contributed by atoms with Crippen LogP contribution < -0.4 is 0 Å². The summed E-state index contributed by atoms with van der Waals surface area (Å²) in [6.45, 7) is 2.08. The average Bonchev–Trinajstić information content (AvgIpc) is 2.79. The third-order valence-electron chi connectivity index (χ3n) is 2.46. The fourth-order valence-corrected chi connectivity index (χ4v) is 1.70. The first-order chi connectivity index (χ1) is 7.85. The predicted octanol–water partition coefficient (Wildman–Crippen LogP) is 1.71. The molecule has 1 N–H and O–H groups in total. The van der Waals surface area contributed by atoms with E-state index in [9.17, 15) is 0 Å². The van der Waals surface area contributed by atoms with Crippen LogP contribution >= 0.6 is 0 Å². The highest BCUT2D eigenvalue weighted by atomic mass is 16.3. The van der Waals surface area contributed by atoms with E-state index in [0.29, 0.717) is 5.69 Å². The lowest BCUT2D eigenvalue weighted by Crippen LogP contribution is -2.00. The number of aliphatic hydroxyl groups is 1. The molecule has 4 heteroatoms. The molecule has 0 saturated heterocycles. The number of aryl methyl sites for hydroxylation is 1. The Bertz CT molecular complexity index is 465. The summed E-state index contributed by atoms with van der Waals surface area (Å²) in [5.41, 5.74) is 2.88. The van der Waals surface area contributed by atoms with Crippen LogP contribution in [0.3, 0.4) is 0 Å². The van der Waals surface area contributed by atoms with Crippen LogP contribution in [0.15, 0.2) is 30.5 Å². The molecule has 0 saturated carbocycles. The Kier molecular flexibility index (Phi) is 3.31. The summed E-state index contributed by atoms with van der Waals surface area (Å²) in [5.74, 6) is 0. The van der Waals surface area contributed by atoms with E-state index in [1.165, 1.54) is 5.56 Å². The first-order valence-corrected chi connectivity index (χ1v) is 5.45. The molecule has 0 aliphatic rings. The van der Waals surface area contributed by atoms with E-state index in [2.05, 4.69) is 23.3 Å². The zero-order chi connectivity index (χ0) is 11.4. The Balaban J connectivity index is 2.38. The minimum atomic E-state index is -0.0735. The van der Waals surface area contributed by atoms with Gasteiger partial charge < -0.3 is 5.11 Å². The standard InChI is InChI=1S/C12H15N3O/c1-2-5-10-6-3-4-7-12(10)15-8-11(9-16)13-14-15/h3-4,6-8,16H,2,5,9H2,1H3. The Labute approximate surface area is 94.5 Å². The van der Waals surface area contributed by atoms with Crippen LogP contribution in [0.25, 0.3) is 5.69 Å². The van der Waals surface area contributed by atoms with Gasteiger partial charge in [-0.15, -0.1) is 5.10 Å². The minimum Gasteiger partial charge on any atom is -0.390 e. The van der Waals surface area contributed by atoms with Crippen molar-refractivity contribution in [2.75, 3.05) is 0 Å². The van der Waals surface area contributed by atoms with Gasteiger partial charge in [-0.2, -0.15) is 0 Å². The van der Waals surface area contributed by atoms with Crippen LogP contribution in [-0.4, -0.2) is 20.1 Å².